The molecule has 0 bridgehead atoms. The third-order valence-electron chi connectivity index (χ3n) is 3.10. The number of aromatic nitrogens is 2. The molecule has 2 rings (SSSR count). The van der Waals surface area contributed by atoms with Crippen LogP contribution in [0.4, 0.5) is 10.7 Å². The molecule has 5 heteroatoms. The average Bonchev–Trinajstić information content (AvgIpc) is 2.74. The van der Waals surface area contributed by atoms with E-state index in [0.29, 0.717) is 6.54 Å². The van der Waals surface area contributed by atoms with E-state index >= 15 is 0 Å². The van der Waals surface area contributed by atoms with Crippen LogP contribution in [0, 0.1) is 0 Å². The highest BCUT2D eigenvalue weighted by atomic mass is 16.2. The predicted octanol–water partition coefficient (Wildman–Crippen LogP) is 2.76. The van der Waals surface area contributed by atoms with Crippen LogP contribution >= 0.6 is 0 Å². The Labute approximate surface area is 112 Å². The minimum absolute atomic E-state index is 0.206. The van der Waals surface area contributed by atoms with Crippen LogP contribution in [0.1, 0.15) is 32.6 Å². The molecule has 1 aromatic heterocycles. The van der Waals surface area contributed by atoms with Crippen LogP contribution in [-0.4, -0.2) is 22.1 Å². The largest absolute Gasteiger partial charge is 0.369 e. The maximum atomic E-state index is 12.1. The van der Waals surface area contributed by atoms with Gasteiger partial charge in [-0.3, -0.25) is 0 Å². The van der Waals surface area contributed by atoms with Crippen molar-refractivity contribution in [1.82, 2.24) is 14.9 Å². The number of para-hydroxylation sites is 2. The molecule has 0 aliphatic rings. The fourth-order valence-corrected chi connectivity index (χ4v) is 2.08. The van der Waals surface area contributed by atoms with E-state index in [1.807, 2.05) is 24.3 Å². The van der Waals surface area contributed by atoms with Gasteiger partial charge in [0.25, 0.3) is 0 Å². The molecule has 0 fully saturated rings. The van der Waals surface area contributed by atoms with Crippen LogP contribution in [0.2, 0.25) is 0 Å². The van der Waals surface area contributed by atoms with Crippen LogP contribution in [0.5, 0.6) is 0 Å². The molecule has 0 radical (unpaired) electrons. The molecule has 102 valence electrons. The summed E-state index contributed by atoms with van der Waals surface area (Å²) in [5.74, 6) is 0.229. The van der Waals surface area contributed by atoms with Gasteiger partial charge in [-0.2, -0.15) is 0 Å². The summed E-state index contributed by atoms with van der Waals surface area (Å²) in [5, 5.41) is 2.88. The van der Waals surface area contributed by atoms with Crippen LogP contribution in [-0.2, 0) is 0 Å². The fraction of sp³-hybridized carbons (Fsp3) is 0.429. The minimum atomic E-state index is -0.206. The van der Waals surface area contributed by atoms with E-state index in [1.54, 1.807) is 0 Å². The second kappa shape index (κ2) is 6.22. The van der Waals surface area contributed by atoms with Gasteiger partial charge in [-0.05, 0) is 18.6 Å². The summed E-state index contributed by atoms with van der Waals surface area (Å²) in [5.41, 5.74) is 7.28. The molecule has 3 N–H and O–H groups in total. The van der Waals surface area contributed by atoms with Crippen LogP contribution in [0.3, 0.4) is 0 Å². The smallest absolute Gasteiger partial charge is 0.328 e. The highest BCUT2D eigenvalue weighted by molar-refractivity contribution is 5.92. The van der Waals surface area contributed by atoms with Gasteiger partial charge in [0, 0.05) is 6.54 Å². The summed E-state index contributed by atoms with van der Waals surface area (Å²) in [4.78, 5) is 16.3. The summed E-state index contributed by atoms with van der Waals surface area (Å²) in [7, 11) is 0. The van der Waals surface area contributed by atoms with Gasteiger partial charge in [0.2, 0.25) is 5.95 Å². The van der Waals surface area contributed by atoms with Crippen molar-refractivity contribution >= 4 is 23.0 Å². The first-order valence-corrected chi connectivity index (χ1v) is 6.75. The number of hydrogen-bond acceptors (Lipinski definition) is 3. The zero-order valence-corrected chi connectivity index (χ0v) is 11.2. The number of hydrogen-bond donors (Lipinski definition) is 2. The third-order valence-corrected chi connectivity index (χ3v) is 3.10. The van der Waals surface area contributed by atoms with Crippen molar-refractivity contribution in [3.8, 4) is 0 Å². The van der Waals surface area contributed by atoms with Crippen molar-refractivity contribution in [2.45, 2.75) is 32.6 Å². The number of carbonyl (C=O) groups excluding carboxylic acids is 1. The molecule has 1 aromatic carbocycles. The maximum absolute atomic E-state index is 12.1. The van der Waals surface area contributed by atoms with Crippen LogP contribution < -0.4 is 11.1 Å². The van der Waals surface area contributed by atoms with Gasteiger partial charge in [-0.25, -0.2) is 14.3 Å². The zero-order chi connectivity index (χ0) is 13.7. The number of nitrogens with two attached hydrogens (primary N) is 1. The lowest BCUT2D eigenvalue weighted by molar-refractivity contribution is 0.243. The lowest BCUT2D eigenvalue weighted by Crippen LogP contribution is -2.30. The Bertz CT molecular complexity index is 562. The van der Waals surface area contributed by atoms with E-state index in [-0.39, 0.29) is 12.0 Å². The number of unbranched alkanes of at least 4 members (excludes halogenated alkanes) is 3. The van der Waals surface area contributed by atoms with E-state index in [9.17, 15) is 4.79 Å². The van der Waals surface area contributed by atoms with Gasteiger partial charge in [-0.1, -0.05) is 38.3 Å². The quantitative estimate of drug-likeness (QED) is 0.812. The Morgan fingerprint density at radius 3 is 2.89 bits per heavy atom. The second-order valence-electron chi connectivity index (χ2n) is 4.59. The molecule has 0 aliphatic heterocycles. The van der Waals surface area contributed by atoms with E-state index < -0.39 is 0 Å². The van der Waals surface area contributed by atoms with Gasteiger partial charge in [0.1, 0.15) is 0 Å². The molecule has 1 amide bonds. The monoisotopic (exact) mass is 260 g/mol. The average molecular weight is 260 g/mol. The van der Waals surface area contributed by atoms with Crippen molar-refractivity contribution in [2.75, 3.05) is 12.3 Å². The van der Waals surface area contributed by atoms with E-state index in [2.05, 4.69) is 17.2 Å². The minimum Gasteiger partial charge on any atom is -0.369 e. The van der Waals surface area contributed by atoms with Crippen molar-refractivity contribution in [2.24, 2.45) is 0 Å². The van der Waals surface area contributed by atoms with Gasteiger partial charge in [0.05, 0.1) is 11.0 Å². The fourth-order valence-electron chi connectivity index (χ4n) is 2.08. The SMILES string of the molecule is CCCCCCNC(=O)n1c(N)nc2ccccc21. The van der Waals surface area contributed by atoms with Crippen LogP contribution in [0.25, 0.3) is 11.0 Å². The van der Waals surface area contributed by atoms with Crippen molar-refractivity contribution in [3.63, 3.8) is 0 Å². The second-order valence-corrected chi connectivity index (χ2v) is 4.59. The topological polar surface area (TPSA) is 72.9 Å². The van der Waals surface area contributed by atoms with Gasteiger partial charge < -0.3 is 11.1 Å². The molecular weight excluding hydrogens is 240 g/mol. The Balaban J connectivity index is 2.03. The van der Waals surface area contributed by atoms with Gasteiger partial charge >= 0.3 is 6.03 Å². The molecule has 1 heterocycles. The predicted molar refractivity (Wildman–Crippen MR) is 77.1 cm³/mol. The molecule has 0 unspecified atom stereocenters. The van der Waals surface area contributed by atoms with E-state index in [4.69, 9.17) is 5.73 Å². The van der Waals surface area contributed by atoms with Crippen molar-refractivity contribution in [1.29, 1.82) is 0 Å². The Kier molecular flexibility index (Phi) is 4.39. The summed E-state index contributed by atoms with van der Waals surface area (Å²) in [6, 6.07) is 7.23. The first-order chi connectivity index (χ1) is 9.24. The number of nitrogens with zero attached hydrogens (tertiary/aromatic N) is 2. The summed E-state index contributed by atoms with van der Waals surface area (Å²) in [6.45, 7) is 2.84. The number of fused-ring (bicyclic) bond motifs is 1. The Morgan fingerprint density at radius 2 is 2.11 bits per heavy atom. The highest BCUT2D eigenvalue weighted by Crippen LogP contribution is 2.16. The first-order valence-electron chi connectivity index (χ1n) is 6.75. The molecule has 0 aliphatic carbocycles. The molecular formula is C14H20N4O. The van der Waals surface area contributed by atoms with Gasteiger partial charge in [0.15, 0.2) is 0 Å². The zero-order valence-electron chi connectivity index (χ0n) is 11.2. The number of nitrogens with one attached hydrogen (secondary N) is 1. The van der Waals surface area contributed by atoms with E-state index in [0.717, 1.165) is 23.9 Å². The number of amides is 1. The summed E-state index contributed by atoms with van der Waals surface area (Å²) >= 11 is 0. The molecule has 0 spiro atoms. The standard InChI is InChI=1S/C14H20N4O/c1-2-3-4-7-10-16-14(19)18-12-9-6-5-8-11(12)17-13(18)15/h5-6,8-9H,2-4,7,10H2,1H3,(H2,15,17)(H,16,19). The molecule has 0 saturated carbocycles. The third kappa shape index (κ3) is 3.05. The number of nitrogen functional groups attached to an aromatic ring is 1. The highest BCUT2D eigenvalue weighted by Gasteiger charge is 2.13. The number of anilines is 1. The number of imidazole rings is 1. The summed E-state index contributed by atoms with van der Waals surface area (Å²) < 4.78 is 1.43. The molecule has 2 aromatic rings. The normalized spacial score (nSPS) is 10.8. The molecule has 0 atom stereocenters. The van der Waals surface area contributed by atoms with Crippen molar-refractivity contribution in [3.05, 3.63) is 24.3 Å². The Morgan fingerprint density at radius 1 is 1.32 bits per heavy atom. The maximum Gasteiger partial charge on any atom is 0.328 e. The lowest BCUT2D eigenvalue weighted by atomic mass is 10.2. The molecule has 0 saturated heterocycles. The van der Waals surface area contributed by atoms with E-state index in [1.165, 1.54) is 17.4 Å². The number of benzene rings is 1. The van der Waals surface area contributed by atoms with Crippen LogP contribution in [0.15, 0.2) is 24.3 Å². The number of rotatable bonds is 5. The molecule has 5 nitrogen and oxygen atoms in total. The molecule has 19 heavy (non-hydrogen) atoms. The van der Waals surface area contributed by atoms with Crippen molar-refractivity contribution < 1.29 is 4.79 Å². The number of carbonyl (C=O) groups is 1. The van der Waals surface area contributed by atoms with Gasteiger partial charge in [-0.15, -0.1) is 0 Å². The first kappa shape index (κ1) is 13.4. The summed E-state index contributed by atoms with van der Waals surface area (Å²) in [6.07, 6.45) is 4.52. The Hall–Kier alpha value is -2.04. The lowest BCUT2D eigenvalue weighted by Gasteiger charge is -2.07.